The molecule has 11 heavy (non-hydrogen) atoms. The van der Waals surface area contributed by atoms with Crippen LogP contribution in [0.5, 0.6) is 0 Å². The van der Waals surface area contributed by atoms with E-state index in [1.54, 1.807) is 0 Å². The molecular weight excluding hydrogens is 140 g/mol. The molecule has 0 aromatic carbocycles. The van der Waals surface area contributed by atoms with Crippen molar-refractivity contribution in [3.8, 4) is 0 Å². The molecule has 2 rings (SSSR count). The molecule has 0 saturated carbocycles. The van der Waals surface area contributed by atoms with Crippen LogP contribution in [-0.2, 0) is 4.74 Å². The zero-order chi connectivity index (χ0) is 7.52. The van der Waals surface area contributed by atoms with Crippen LogP contribution in [0.25, 0.3) is 0 Å². The molecule has 1 aromatic rings. The lowest BCUT2D eigenvalue weighted by Gasteiger charge is -2.22. The number of hydrogen-bond acceptors (Lipinski definition) is 2. The van der Waals surface area contributed by atoms with E-state index in [1.165, 1.54) is 5.69 Å². The van der Waals surface area contributed by atoms with Gasteiger partial charge in [0.2, 0.25) is 0 Å². The summed E-state index contributed by atoms with van der Waals surface area (Å²) in [4.78, 5) is 3.16. The molecule has 3 heteroatoms. The minimum atomic E-state index is 0.360. The predicted octanol–water partition coefficient (Wildman–Crippen LogP) is 0.676. The lowest BCUT2D eigenvalue weighted by atomic mass is 10.2. The van der Waals surface area contributed by atoms with Gasteiger partial charge in [-0.05, 0) is 12.1 Å². The minimum absolute atomic E-state index is 0.360. The van der Waals surface area contributed by atoms with E-state index < -0.39 is 0 Å². The fraction of sp³-hybridized carbons (Fsp3) is 0.500. The van der Waals surface area contributed by atoms with Crippen LogP contribution in [0.2, 0.25) is 0 Å². The molecule has 0 bridgehead atoms. The van der Waals surface area contributed by atoms with Crippen LogP contribution in [0.15, 0.2) is 18.3 Å². The molecule has 60 valence electrons. The van der Waals surface area contributed by atoms with Gasteiger partial charge < -0.3 is 15.0 Å². The van der Waals surface area contributed by atoms with Gasteiger partial charge in [0.05, 0.1) is 19.3 Å². The number of nitrogens with one attached hydrogen (secondary N) is 2. The summed E-state index contributed by atoms with van der Waals surface area (Å²) >= 11 is 0. The lowest BCUT2D eigenvalue weighted by Crippen LogP contribution is -2.34. The van der Waals surface area contributed by atoms with E-state index in [9.17, 15) is 0 Å². The molecule has 3 nitrogen and oxygen atoms in total. The first-order valence-corrected chi connectivity index (χ1v) is 3.91. The molecule has 0 radical (unpaired) electrons. The molecule has 0 aliphatic carbocycles. The first-order chi connectivity index (χ1) is 5.47. The standard InChI is InChI=1S/C8H12N2O/c1-2-7(9-3-1)8-6-11-5-4-10-8/h1-3,8-10H,4-6H2/t8-/m1/s1. The average Bonchev–Trinajstić information content (AvgIpc) is 2.58. The van der Waals surface area contributed by atoms with Crippen molar-refractivity contribution in [1.29, 1.82) is 0 Å². The Morgan fingerprint density at radius 3 is 3.18 bits per heavy atom. The van der Waals surface area contributed by atoms with Crippen molar-refractivity contribution in [2.75, 3.05) is 19.8 Å². The smallest absolute Gasteiger partial charge is 0.0711 e. The van der Waals surface area contributed by atoms with Crippen LogP contribution in [0.1, 0.15) is 11.7 Å². The van der Waals surface area contributed by atoms with Gasteiger partial charge in [0.1, 0.15) is 0 Å². The van der Waals surface area contributed by atoms with Gasteiger partial charge in [-0.3, -0.25) is 0 Å². The van der Waals surface area contributed by atoms with Crippen molar-refractivity contribution in [2.45, 2.75) is 6.04 Å². The highest BCUT2D eigenvalue weighted by Gasteiger charge is 2.14. The molecule has 1 saturated heterocycles. The summed E-state index contributed by atoms with van der Waals surface area (Å²) in [7, 11) is 0. The molecule has 2 N–H and O–H groups in total. The maximum atomic E-state index is 5.32. The van der Waals surface area contributed by atoms with Crippen LogP contribution < -0.4 is 5.32 Å². The van der Waals surface area contributed by atoms with Gasteiger partial charge in [-0.25, -0.2) is 0 Å². The Morgan fingerprint density at radius 2 is 2.55 bits per heavy atom. The Kier molecular flexibility index (Phi) is 1.92. The maximum Gasteiger partial charge on any atom is 0.0711 e. The summed E-state index contributed by atoms with van der Waals surface area (Å²) in [6, 6.07) is 4.44. The summed E-state index contributed by atoms with van der Waals surface area (Å²) in [5.74, 6) is 0. The van der Waals surface area contributed by atoms with E-state index >= 15 is 0 Å². The van der Waals surface area contributed by atoms with Gasteiger partial charge in [-0.1, -0.05) is 0 Å². The van der Waals surface area contributed by atoms with E-state index in [1.807, 2.05) is 12.3 Å². The Balaban J connectivity index is 2.04. The number of aromatic amines is 1. The van der Waals surface area contributed by atoms with Gasteiger partial charge in [0, 0.05) is 18.4 Å². The monoisotopic (exact) mass is 152 g/mol. The van der Waals surface area contributed by atoms with Crippen LogP contribution >= 0.6 is 0 Å². The third-order valence-electron chi connectivity index (χ3n) is 1.92. The number of rotatable bonds is 1. The largest absolute Gasteiger partial charge is 0.378 e. The SMILES string of the molecule is c1c[nH]c([C@H]2COCCN2)c1. The summed E-state index contributed by atoms with van der Waals surface area (Å²) in [6.45, 7) is 2.56. The molecule has 0 spiro atoms. The van der Waals surface area contributed by atoms with Gasteiger partial charge in [-0.2, -0.15) is 0 Å². The molecule has 1 aliphatic heterocycles. The molecule has 0 unspecified atom stereocenters. The van der Waals surface area contributed by atoms with Crippen LogP contribution in [0, 0.1) is 0 Å². The van der Waals surface area contributed by atoms with E-state index in [0.717, 1.165) is 19.8 Å². The van der Waals surface area contributed by atoms with Crippen molar-refractivity contribution >= 4 is 0 Å². The van der Waals surface area contributed by atoms with Crippen molar-refractivity contribution in [2.24, 2.45) is 0 Å². The quantitative estimate of drug-likeness (QED) is 0.620. The molecular formula is C8H12N2O. The molecule has 1 fully saturated rings. The summed E-state index contributed by atoms with van der Waals surface area (Å²) in [5.41, 5.74) is 1.21. The number of hydrogen-bond donors (Lipinski definition) is 2. The van der Waals surface area contributed by atoms with Gasteiger partial charge in [0.25, 0.3) is 0 Å². The van der Waals surface area contributed by atoms with E-state index in [0.29, 0.717) is 6.04 Å². The zero-order valence-electron chi connectivity index (χ0n) is 6.34. The second-order valence-electron chi connectivity index (χ2n) is 2.71. The molecule has 1 atom stereocenters. The summed E-state index contributed by atoms with van der Waals surface area (Å²) < 4.78 is 5.32. The van der Waals surface area contributed by atoms with E-state index in [4.69, 9.17) is 4.74 Å². The van der Waals surface area contributed by atoms with Crippen molar-refractivity contribution in [1.82, 2.24) is 10.3 Å². The highest BCUT2D eigenvalue weighted by atomic mass is 16.5. The van der Waals surface area contributed by atoms with Gasteiger partial charge in [0.15, 0.2) is 0 Å². The second kappa shape index (κ2) is 3.07. The lowest BCUT2D eigenvalue weighted by molar-refractivity contribution is 0.0758. The third-order valence-corrected chi connectivity index (χ3v) is 1.92. The fourth-order valence-corrected chi connectivity index (χ4v) is 1.33. The van der Waals surface area contributed by atoms with E-state index in [2.05, 4.69) is 16.4 Å². The molecule has 1 aliphatic rings. The van der Waals surface area contributed by atoms with Crippen molar-refractivity contribution in [3.05, 3.63) is 24.0 Å². The van der Waals surface area contributed by atoms with Crippen LogP contribution in [-0.4, -0.2) is 24.7 Å². The topological polar surface area (TPSA) is 37.0 Å². The summed E-state index contributed by atoms with van der Waals surface area (Å²) in [5, 5.41) is 3.37. The Hall–Kier alpha value is -0.800. The van der Waals surface area contributed by atoms with Gasteiger partial charge in [-0.15, -0.1) is 0 Å². The minimum Gasteiger partial charge on any atom is -0.378 e. The Bertz CT molecular complexity index is 202. The molecule has 2 heterocycles. The van der Waals surface area contributed by atoms with Gasteiger partial charge >= 0.3 is 0 Å². The zero-order valence-corrected chi connectivity index (χ0v) is 6.34. The Morgan fingerprint density at radius 1 is 1.55 bits per heavy atom. The van der Waals surface area contributed by atoms with Crippen LogP contribution in [0.4, 0.5) is 0 Å². The second-order valence-corrected chi connectivity index (χ2v) is 2.71. The van der Waals surface area contributed by atoms with Crippen molar-refractivity contribution < 1.29 is 4.74 Å². The first kappa shape index (κ1) is 6.88. The normalized spacial score (nSPS) is 25.3. The average molecular weight is 152 g/mol. The first-order valence-electron chi connectivity index (χ1n) is 3.91. The van der Waals surface area contributed by atoms with Crippen LogP contribution in [0.3, 0.4) is 0 Å². The number of morpholine rings is 1. The number of aromatic nitrogens is 1. The van der Waals surface area contributed by atoms with Crippen molar-refractivity contribution in [3.63, 3.8) is 0 Å². The molecule has 0 amide bonds. The predicted molar refractivity (Wildman–Crippen MR) is 42.4 cm³/mol. The number of ether oxygens (including phenoxy) is 1. The third kappa shape index (κ3) is 1.44. The maximum absolute atomic E-state index is 5.32. The number of H-pyrrole nitrogens is 1. The Labute approximate surface area is 65.8 Å². The fourth-order valence-electron chi connectivity index (χ4n) is 1.33. The van der Waals surface area contributed by atoms with E-state index in [-0.39, 0.29) is 0 Å². The highest BCUT2D eigenvalue weighted by Crippen LogP contribution is 2.12. The summed E-state index contributed by atoms with van der Waals surface area (Å²) in [6.07, 6.45) is 1.94. The highest BCUT2D eigenvalue weighted by molar-refractivity contribution is 5.09. The molecule has 1 aromatic heterocycles.